The topological polar surface area (TPSA) is 83.5 Å². The first kappa shape index (κ1) is 13.7. The Labute approximate surface area is 127 Å². The molecule has 1 aliphatic rings. The van der Waals surface area contributed by atoms with Crippen LogP contribution in [0.15, 0.2) is 35.0 Å². The van der Waals surface area contributed by atoms with Crippen molar-refractivity contribution < 1.29 is 0 Å². The second-order valence-corrected chi connectivity index (χ2v) is 5.60. The molecule has 0 radical (unpaired) electrons. The smallest absolute Gasteiger partial charge is 0.225 e. The van der Waals surface area contributed by atoms with E-state index in [1.165, 1.54) is 0 Å². The van der Waals surface area contributed by atoms with Crippen LogP contribution in [-0.2, 0) is 6.54 Å². The van der Waals surface area contributed by atoms with Crippen LogP contribution in [0.4, 0.5) is 5.95 Å². The van der Waals surface area contributed by atoms with Crippen molar-refractivity contribution in [1.82, 2.24) is 19.9 Å². The summed E-state index contributed by atoms with van der Waals surface area (Å²) in [6.45, 7) is 3.89. The number of hydrogen-bond acceptors (Lipinski definition) is 6. The molecule has 8 heteroatoms. The molecule has 3 heterocycles. The first-order valence-corrected chi connectivity index (χ1v) is 7.66. The summed E-state index contributed by atoms with van der Waals surface area (Å²) < 4.78 is 0. The molecule has 0 spiro atoms. The van der Waals surface area contributed by atoms with Crippen molar-refractivity contribution in [2.45, 2.75) is 6.54 Å². The normalized spacial score (nSPS) is 16.3. The van der Waals surface area contributed by atoms with Gasteiger partial charge in [0.1, 0.15) is 5.01 Å². The zero-order valence-corrected chi connectivity index (χ0v) is 12.4. The van der Waals surface area contributed by atoms with Crippen molar-refractivity contribution in [3.05, 3.63) is 35.0 Å². The number of nitrogens with two attached hydrogens (primary N) is 1. The Balaban J connectivity index is 1.54. The van der Waals surface area contributed by atoms with Crippen LogP contribution in [0, 0.1) is 0 Å². The third-order valence-electron chi connectivity index (χ3n) is 3.30. The van der Waals surface area contributed by atoms with Gasteiger partial charge in [-0.15, -0.1) is 11.3 Å². The highest BCUT2D eigenvalue weighted by atomic mass is 32.1. The number of piperazine rings is 1. The van der Waals surface area contributed by atoms with Crippen LogP contribution >= 0.6 is 11.3 Å². The van der Waals surface area contributed by atoms with Crippen LogP contribution in [0.25, 0.3) is 0 Å². The van der Waals surface area contributed by atoms with E-state index in [4.69, 9.17) is 5.73 Å². The fourth-order valence-corrected chi connectivity index (χ4v) is 2.71. The quantitative estimate of drug-likeness (QED) is 0.659. The van der Waals surface area contributed by atoms with Gasteiger partial charge in [-0.25, -0.2) is 19.9 Å². The number of aromatic nitrogens is 3. The minimum Gasteiger partial charge on any atom is -0.370 e. The first-order chi connectivity index (χ1) is 10.3. The molecule has 0 amide bonds. The number of aliphatic imine (C=N–C) groups is 1. The maximum atomic E-state index is 6.05. The predicted molar refractivity (Wildman–Crippen MR) is 83.3 cm³/mol. The molecule has 3 rings (SSSR count). The van der Waals surface area contributed by atoms with Gasteiger partial charge in [-0.3, -0.25) is 0 Å². The number of anilines is 1. The average Bonchev–Trinajstić information content (AvgIpc) is 3.07. The van der Waals surface area contributed by atoms with Gasteiger partial charge >= 0.3 is 0 Å². The summed E-state index contributed by atoms with van der Waals surface area (Å²) in [6, 6.07) is 1.82. The van der Waals surface area contributed by atoms with Gasteiger partial charge in [-0.1, -0.05) is 0 Å². The molecule has 2 N–H and O–H groups in total. The number of guanidine groups is 1. The van der Waals surface area contributed by atoms with Gasteiger partial charge in [-0.05, 0) is 6.07 Å². The Morgan fingerprint density at radius 2 is 1.90 bits per heavy atom. The fraction of sp³-hybridized carbons (Fsp3) is 0.385. The van der Waals surface area contributed by atoms with E-state index in [1.807, 2.05) is 11.4 Å². The first-order valence-electron chi connectivity index (χ1n) is 6.78. The third-order valence-corrected chi connectivity index (χ3v) is 4.06. The highest BCUT2D eigenvalue weighted by Crippen LogP contribution is 2.10. The molecule has 7 nitrogen and oxygen atoms in total. The summed E-state index contributed by atoms with van der Waals surface area (Å²) >= 11 is 1.59. The molecule has 0 aliphatic carbocycles. The van der Waals surface area contributed by atoms with E-state index in [0.29, 0.717) is 12.5 Å². The maximum absolute atomic E-state index is 6.05. The summed E-state index contributed by atoms with van der Waals surface area (Å²) in [4.78, 5) is 21.4. The molecule has 2 aromatic rings. The monoisotopic (exact) mass is 303 g/mol. The van der Waals surface area contributed by atoms with Crippen LogP contribution in [0.3, 0.4) is 0 Å². The highest BCUT2D eigenvalue weighted by Gasteiger charge is 2.19. The second kappa shape index (κ2) is 6.49. The van der Waals surface area contributed by atoms with E-state index < -0.39 is 0 Å². The SMILES string of the molecule is NC(=NCc1nccs1)N1CCN(c2ncccn2)CC1. The molecule has 0 bridgehead atoms. The van der Waals surface area contributed by atoms with E-state index in [-0.39, 0.29) is 0 Å². The van der Waals surface area contributed by atoms with E-state index in [0.717, 1.165) is 37.1 Å². The van der Waals surface area contributed by atoms with Crippen LogP contribution in [0.5, 0.6) is 0 Å². The molecule has 1 aliphatic heterocycles. The number of nitrogens with zero attached hydrogens (tertiary/aromatic N) is 6. The fourth-order valence-electron chi connectivity index (χ4n) is 2.17. The van der Waals surface area contributed by atoms with E-state index in [2.05, 4.69) is 29.7 Å². The Morgan fingerprint density at radius 3 is 2.57 bits per heavy atom. The second-order valence-electron chi connectivity index (χ2n) is 4.62. The van der Waals surface area contributed by atoms with Crippen LogP contribution in [0.1, 0.15) is 5.01 Å². The lowest BCUT2D eigenvalue weighted by Crippen LogP contribution is -2.51. The highest BCUT2D eigenvalue weighted by molar-refractivity contribution is 7.09. The lowest BCUT2D eigenvalue weighted by atomic mass is 10.3. The molecule has 2 aromatic heterocycles. The van der Waals surface area contributed by atoms with Gasteiger partial charge in [-0.2, -0.15) is 0 Å². The van der Waals surface area contributed by atoms with E-state index in [1.54, 1.807) is 29.9 Å². The van der Waals surface area contributed by atoms with Crippen molar-refractivity contribution in [2.24, 2.45) is 10.7 Å². The molecule has 1 saturated heterocycles. The van der Waals surface area contributed by atoms with Gasteiger partial charge in [0, 0.05) is 50.1 Å². The van der Waals surface area contributed by atoms with E-state index in [9.17, 15) is 0 Å². The summed E-state index contributed by atoms with van der Waals surface area (Å²) in [5.74, 6) is 1.36. The summed E-state index contributed by atoms with van der Waals surface area (Å²) in [5, 5.41) is 2.92. The molecule has 0 saturated carbocycles. The Kier molecular flexibility index (Phi) is 4.25. The van der Waals surface area contributed by atoms with Crippen LogP contribution < -0.4 is 10.6 Å². The Hall–Kier alpha value is -2.22. The van der Waals surface area contributed by atoms with Gasteiger partial charge in [0.25, 0.3) is 0 Å². The van der Waals surface area contributed by atoms with Gasteiger partial charge in [0.05, 0.1) is 6.54 Å². The summed E-state index contributed by atoms with van der Waals surface area (Å²) in [5.41, 5.74) is 6.05. The third kappa shape index (κ3) is 3.46. The largest absolute Gasteiger partial charge is 0.370 e. The van der Waals surface area contributed by atoms with Crippen molar-refractivity contribution in [3.8, 4) is 0 Å². The van der Waals surface area contributed by atoms with Crippen molar-refractivity contribution in [2.75, 3.05) is 31.1 Å². The minimum absolute atomic E-state index is 0.547. The van der Waals surface area contributed by atoms with Gasteiger partial charge in [0.2, 0.25) is 5.95 Å². The molecule has 0 unspecified atom stereocenters. The number of rotatable bonds is 3. The van der Waals surface area contributed by atoms with Crippen LogP contribution in [-0.4, -0.2) is 52.0 Å². The molecule has 0 atom stereocenters. The molecule has 0 aromatic carbocycles. The lowest BCUT2D eigenvalue weighted by Gasteiger charge is -2.35. The lowest BCUT2D eigenvalue weighted by molar-refractivity contribution is 0.378. The average molecular weight is 303 g/mol. The zero-order valence-electron chi connectivity index (χ0n) is 11.6. The van der Waals surface area contributed by atoms with Gasteiger partial charge < -0.3 is 15.5 Å². The van der Waals surface area contributed by atoms with E-state index >= 15 is 0 Å². The molecular formula is C13H17N7S. The number of thiazole rings is 1. The van der Waals surface area contributed by atoms with Crippen LogP contribution in [0.2, 0.25) is 0 Å². The predicted octanol–water partition coefficient (Wildman–Crippen LogP) is 0.570. The number of hydrogen-bond donors (Lipinski definition) is 1. The molecular weight excluding hydrogens is 286 g/mol. The van der Waals surface area contributed by atoms with Gasteiger partial charge in [0.15, 0.2) is 5.96 Å². The Bertz CT molecular complexity index is 576. The summed E-state index contributed by atoms with van der Waals surface area (Å²) in [7, 11) is 0. The summed E-state index contributed by atoms with van der Waals surface area (Å²) in [6.07, 6.45) is 5.31. The molecule has 110 valence electrons. The van der Waals surface area contributed by atoms with Crippen molar-refractivity contribution in [1.29, 1.82) is 0 Å². The van der Waals surface area contributed by atoms with Crippen molar-refractivity contribution >= 4 is 23.2 Å². The standard InChI is InChI=1S/C13H17N7S/c14-12(18-10-11-15-4-9-21-11)19-5-7-20(8-6-19)13-16-2-1-3-17-13/h1-4,9H,5-8,10H2,(H2,14,18). The molecule has 1 fully saturated rings. The zero-order chi connectivity index (χ0) is 14.5. The Morgan fingerprint density at radius 1 is 1.14 bits per heavy atom. The maximum Gasteiger partial charge on any atom is 0.225 e. The van der Waals surface area contributed by atoms with Crippen molar-refractivity contribution in [3.63, 3.8) is 0 Å². The molecule has 21 heavy (non-hydrogen) atoms. The minimum atomic E-state index is 0.547.